The molecule has 0 bridgehead atoms. The maximum atomic E-state index is 12.5. The van der Waals surface area contributed by atoms with Crippen molar-refractivity contribution in [3.63, 3.8) is 0 Å². The van der Waals surface area contributed by atoms with E-state index in [2.05, 4.69) is 4.72 Å². The van der Waals surface area contributed by atoms with E-state index in [9.17, 15) is 8.42 Å². The number of aryl methyl sites for hydroxylation is 1. The molecule has 21 heavy (non-hydrogen) atoms. The highest BCUT2D eigenvalue weighted by molar-refractivity contribution is 7.89. The Hall–Kier alpha value is -2.07. The van der Waals surface area contributed by atoms with Crippen molar-refractivity contribution in [2.45, 2.75) is 25.2 Å². The fraction of sp³-hybridized carbons (Fsp3) is 0.176. The largest absolute Gasteiger partial charge is 0.279 e. The first-order chi connectivity index (χ1) is 9.97. The smallest absolute Gasteiger partial charge is 0.261 e. The van der Waals surface area contributed by atoms with Gasteiger partial charge in [0.25, 0.3) is 10.0 Å². The molecule has 1 aliphatic carbocycles. The van der Waals surface area contributed by atoms with Gasteiger partial charge in [0.2, 0.25) is 0 Å². The maximum Gasteiger partial charge on any atom is 0.261 e. The average molecular weight is 299 g/mol. The molecule has 1 N–H and O–H groups in total. The van der Waals surface area contributed by atoms with Gasteiger partial charge in [-0.05, 0) is 43.5 Å². The van der Waals surface area contributed by atoms with Crippen LogP contribution in [0.5, 0.6) is 0 Å². The minimum Gasteiger partial charge on any atom is -0.279 e. The second-order valence-electron chi connectivity index (χ2n) is 5.41. The van der Waals surface area contributed by atoms with E-state index in [-0.39, 0.29) is 4.90 Å². The number of rotatable bonds is 3. The molecule has 0 radical (unpaired) electrons. The lowest BCUT2D eigenvalue weighted by molar-refractivity contribution is 0.591. The van der Waals surface area contributed by atoms with Crippen LogP contribution in [-0.2, 0) is 16.4 Å². The fourth-order valence-corrected chi connectivity index (χ4v) is 3.74. The van der Waals surface area contributed by atoms with Gasteiger partial charge >= 0.3 is 0 Å². The summed E-state index contributed by atoms with van der Waals surface area (Å²) in [6.45, 7) is 3.90. The molecule has 2 aromatic carbocycles. The molecule has 108 valence electrons. The van der Waals surface area contributed by atoms with Crippen molar-refractivity contribution < 1.29 is 8.42 Å². The summed E-state index contributed by atoms with van der Waals surface area (Å²) in [5.41, 5.74) is 4.94. The molecule has 0 saturated carbocycles. The monoisotopic (exact) mass is 299 g/mol. The van der Waals surface area contributed by atoms with E-state index in [0.29, 0.717) is 5.70 Å². The Balaban J connectivity index is 1.97. The molecule has 4 heteroatoms. The number of nitrogens with one attached hydrogen (secondary N) is 1. The van der Waals surface area contributed by atoms with Crippen molar-refractivity contribution in [3.8, 4) is 0 Å². The summed E-state index contributed by atoms with van der Waals surface area (Å²) in [5, 5.41) is 0. The SMILES string of the molecule is CC1=C(NS(=O)(=O)c2ccc(C)cc2)c2ccccc2C1. The van der Waals surface area contributed by atoms with Gasteiger partial charge in [0, 0.05) is 5.56 Å². The summed E-state index contributed by atoms with van der Waals surface area (Å²) in [6.07, 6.45) is 0.794. The molecule has 0 unspecified atom stereocenters. The number of benzene rings is 2. The number of hydrogen-bond donors (Lipinski definition) is 1. The number of hydrogen-bond acceptors (Lipinski definition) is 2. The molecular weight excluding hydrogens is 282 g/mol. The van der Waals surface area contributed by atoms with Crippen LogP contribution in [0, 0.1) is 6.92 Å². The normalized spacial score (nSPS) is 14.2. The molecule has 0 amide bonds. The highest BCUT2D eigenvalue weighted by atomic mass is 32.2. The molecule has 0 heterocycles. The van der Waals surface area contributed by atoms with Gasteiger partial charge in [-0.15, -0.1) is 0 Å². The third-order valence-corrected chi connectivity index (χ3v) is 5.10. The lowest BCUT2D eigenvalue weighted by Gasteiger charge is -2.11. The summed E-state index contributed by atoms with van der Waals surface area (Å²) in [4.78, 5) is 0.290. The van der Waals surface area contributed by atoms with Crippen LogP contribution >= 0.6 is 0 Å². The molecule has 0 fully saturated rings. The predicted molar refractivity (Wildman–Crippen MR) is 84.2 cm³/mol. The van der Waals surface area contributed by atoms with E-state index in [4.69, 9.17) is 0 Å². The van der Waals surface area contributed by atoms with Gasteiger partial charge in [0.05, 0.1) is 10.6 Å². The Bertz CT molecular complexity index is 818. The molecule has 0 spiro atoms. The standard InChI is InChI=1S/C17H17NO2S/c1-12-7-9-15(10-8-12)21(19,20)18-17-13(2)11-14-5-3-4-6-16(14)17/h3-10,18H,11H2,1-2H3. The van der Waals surface area contributed by atoms with E-state index < -0.39 is 10.0 Å². The van der Waals surface area contributed by atoms with Crippen molar-refractivity contribution in [1.29, 1.82) is 0 Å². The van der Waals surface area contributed by atoms with Crippen LogP contribution in [0.25, 0.3) is 5.70 Å². The van der Waals surface area contributed by atoms with Gasteiger partial charge < -0.3 is 0 Å². The molecule has 2 aromatic rings. The zero-order chi connectivity index (χ0) is 15.0. The highest BCUT2D eigenvalue weighted by Gasteiger charge is 2.23. The summed E-state index contributed by atoms with van der Waals surface area (Å²) in [5.74, 6) is 0. The fourth-order valence-electron chi connectivity index (χ4n) is 2.58. The first kappa shape index (κ1) is 13.9. The topological polar surface area (TPSA) is 46.2 Å². The van der Waals surface area contributed by atoms with Crippen molar-refractivity contribution in [3.05, 3.63) is 70.8 Å². The average Bonchev–Trinajstić information content (AvgIpc) is 2.75. The van der Waals surface area contributed by atoms with Gasteiger partial charge in [-0.25, -0.2) is 8.42 Å². The Labute approximate surface area is 125 Å². The maximum absolute atomic E-state index is 12.5. The number of allylic oxidation sites excluding steroid dienone is 1. The van der Waals surface area contributed by atoms with E-state index >= 15 is 0 Å². The zero-order valence-corrected chi connectivity index (χ0v) is 12.9. The first-order valence-corrected chi connectivity index (χ1v) is 8.33. The van der Waals surface area contributed by atoms with Crippen LogP contribution in [0.4, 0.5) is 0 Å². The van der Waals surface area contributed by atoms with Gasteiger partial charge in [0.1, 0.15) is 0 Å². The molecular formula is C17H17NO2S. The molecule has 0 saturated heterocycles. The van der Waals surface area contributed by atoms with Crippen LogP contribution in [0.3, 0.4) is 0 Å². The second-order valence-corrected chi connectivity index (χ2v) is 7.09. The minimum atomic E-state index is -3.54. The summed E-state index contributed by atoms with van der Waals surface area (Å²) in [7, 11) is -3.54. The second kappa shape index (κ2) is 5.04. The summed E-state index contributed by atoms with van der Waals surface area (Å²) < 4.78 is 27.8. The molecule has 3 nitrogen and oxygen atoms in total. The van der Waals surface area contributed by atoms with E-state index in [1.807, 2.05) is 38.1 Å². The predicted octanol–water partition coefficient (Wildman–Crippen LogP) is 3.26. The Morgan fingerprint density at radius 1 is 0.952 bits per heavy atom. The van der Waals surface area contributed by atoms with E-state index in [1.165, 1.54) is 0 Å². The summed E-state index contributed by atoms with van der Waals surface area (Å²) in [6, 6.07) is 14.8. The Morgan fingerprint density at radius 2 is 1.62 bits per heavy atom. The van der Waals surface area contributed by atoms with Gasteiger partial charge in [0.15, 0.2) is 0 Å². The quantitative estimate of drug-likeness (QED) is 0.945. The van der Waals surface area contributed by atoms with Gasteiger partial charge in [-0.1, -0.05) is 42.0 Å². The van der Waals surface area contributed by atoms with Crippen LogP contribution in [0.1, 0.15) is 23.6 Å². The van der Waals surface area contributed by atoms with Crippen LogP contribution in [0.2, 0.25) is 0 Å². The molecule has 3 rings (SSSR count). The molecule has 0 aliphatic heterocycles. The summed E-state index contributed by atoms with van der Waals surface area (Å²) >= 11 is 0. The highest BCUT2D eigenvalue weighted by Crippen LogP contribution is 2.31. The lowest BCUT2D eigenvalue weighted by atomic mass is 10.1. The third-order valence-electron chi connectivity index (χ3n) is 3.74. The van der Waals surface area contributed by atoms with Crippen LogP contribution in [0.15, 0.2) is 59.0 Å². The van der Waals surface area contributed by atoms with Crippen molar-refractivity contribution in [2.75, 3.05) is 0 Å². The van der Waals surface area contributed by atoms with Crippen molar-refractivity contribution in [1.82, 2.24) is 4.72 Å². The van der Waals surface area contributed by atoms with Crippen LogP contribution in [-0.4, -0.2) is 8.42 Å². The molecule has 1 aliphatic rings. The molecule has 0 atom stereocenters. The van der Waals surface area contributed by atoms with E-state index in [1.54, 1.807) is 24.3 Å². The van der Waals surface area contributed by atoms with Crippen molar-refractivity contribution >= 4 is 15.7 Å². The van der Waals surface area contributed by atoms with Gasteiger partial charge in [-0.3, -0.25) is 4.72 Å². The lowest BCUT2D eigenvalue weighted by Crippen LogP contribution is -2.22. The molecule has 0 aromatic heterocycles. The Morgan fingerprint density at radius 3 is 2.33 bits per heavy atom. The van der Waals surface area contributed by atoms with Crippen molar-refractivity contribution in [2.24, 2.45) is 0 Å². The zero-order valence-electron chi connectivity index (χ0n) is 12.1. The third kappa shape index (κ3) is 2.59. The van der Waals surface area contributed by atoms with Crippen LogP contribution < -0.4 is 4.72 Å². The van der Waals surface area contributed by atoms with E-state index in [0.717, 1.165) is 28.7 Å². The van der Waals surface area contributed by atoms with Gasteiger partial charge in [-0.2, -0.15) is 0 Å². The Kier molecular flexibility index (Phi) is 3.33. The first-order valence-electron chi connectivity index (χ1n) is 6.85. The number of sulfonamides is 1. The minimum absolute atomic E-state index is 0.290. The number of fused-ring (bicyclic) bond motifs is 1.